The number of benzene rings is 2. The molecule has 3 rings (SSSR count). The van der Waals surface area contributed by atoms with Crippen LogP contribution in [0.4, 0.5) is 5.69 Å². The molecule has 0 amide bonds. The third-order valence-corrected chi connectivity index (χ3v) is 3.88. The fraction of sp³-hybridized carbons (Fsp3) is 0.167. The van der Waals surface area contributed by atoms with Gasteiger partial charge in [-0.25, -0.2) is 0 Å². The molecule has 0 unspecified atom stereocenters. The summed E-state index contributed by atoms with van der Waals surface area (Å²) >= 11 is 5.89. The number of carbonyl (C=O) groups is 1. The Morgan fingerprint density at radius 1 is 1.05 bits per heavy atom. The van der Waals surface area contributed by atoms with Crippen molar-refractivity contribution in [3.8, 4) is 0 Å². The minimum absolute atomic E-state index is 0.0455. The zero-order valence-corrected chi connectivity index (χ0v) is 13.1. The van der Waals surface area contributed by atoms with Crippen LogP contribution in [-0.2, 0) is 0 Å². The van der Waals surface area contributed by atoms with Gasteiger partial charge in [0, 0.05) is 34.6 Å². The number of nitrogens with zero attached hydrogens (tertiary/aromatic N) is 2. The van der Waals surface area contributed by atoms with E-state index < -0.39 is 0 Å². The number of Topliss-reactive ketones (excluding diaryl/α,β-unsaturated/α-hetero) is 1. The largest absolute Gasteiger partial charge is 0.334 e. The SMILES string of the molecule is CN1CC(C(=O)c2ccc(Cl)cc2)=CN(c2ccccc2)C1. The van der Waals surface area contributed by atoms with Crippen molar-refractivity contribution in [1.29, 1.82) is 0 Å². The van der Waals surface area contributed by atoms with E-state index in [1.807, 2.05) is 43.6 Å². The van der Waals surface area contributed by atoms with Gasteiger partial charge in [0.2, 0.25) is 0 Å². The summed E-state index contributed by atoms with van der Waals surface area (Å²) in [5, 5.41) is 0.636. The fourth-order valence-electron chi connectivity index (χ4n) is 2.56. The van der Waals surface area contributed by atoms with Gasteiger partial charge in [0.1, 0.15) is 0 Å². The van der Waals surface area contributed by atoms with Crippen molar-refractivity contribution in [2.24, 2.45) is 0 Å². The van der Waals surface area contributed by atoms with E-state index in [-0.39, 0.29) is 5.78 Å². The Bertz CT molecular complexity index is 695. The molecule has 22 heavy (non-hydrogen) atoms. The summed E-state index contributed by atoms with van der Waals surface area (Å²) in [7, 11) is 2.01. The quantitative estimate of drug-likeness (QED) is 0.805. The van der Waals surface area contributed by atoms with Crippen molar-refractivity contribution < 1.29 is 4.79 Å². The molecule has 1 aliphatic heterocycles. The Morgan fingerprint density at radius 2 is 1.73 bits per heavy atom. The molecule has 0 bridgehead atoms. The first-order valence-electron chi connectivity index (χ1n) is 7.15. The van der Waals surface area contributed by atoms with Gasteiger partial charge in [-0.3, -0.25) is 9.69 Å². The summed E-state index contributed by atoms with van der Waals surface area (Å²) in [5.74, 6) is 0.0455. The van der Waals surface area contributed by atoms with Crippen molar-refractivity contribution in [3.63, 3.8) is 0 Å². The molecular weight excluding hydrogens is 296 g/mol. The van der Waals surface area contributed by atoms with E-state index in [2.05, 4.69) is 9.80 Å². The number of para-hydroxylation sites is 1. The lowest BCUT2D eigenvalue weighted by molar-refractivity contribution is 0.102. The molecule has 0 saturated carbocycles. The standard InChI is InChI=1S/C18H17ClN2O/c1-20-11-15(18(22)14-7-9-16(19)10-8-14)12-21(13-20)17-5-3-2-4-6-17/h2-10,12H,11,13H2,1H3. The maximum Gasteiger partial charge on any atom is 0.191 e. The molecule has 0 aromatic heterocycles. The van der Waals surface area contributed by atoms with Gasteiger partial charge in [0.05, 0.1) is 6.67 Å². The molecule has 0 saturated heterocycles. The molecule has 2 aromatic rings. The maximum atomic E-state index is 12.7. The predicted octanol–water partition coefficient (Wildman–Crippen LogP) is 3.82. The minimum atomic E-state index is 0.0455. The van der Waals surface area contributed by atoms with Crippen molar-refractivity contribution in [3.05, 3.63) is 77.0 Å². The Morgan fingerprint density at radius 3 is 2.41 bits per heavy atom. The number of rotatable bonds is 3. The summed E-state index contributed by atoms with van der Waals surface area (Å²) < 4.78 is 0. The Balaban J connectivity index is 1.90. The predicted molar refractivity (Wildman–Crippen MR) is 90.3 cm³/mol. The molecule has 1 aliphatic rings. The first-order chi connectivity index (χ1) is 10.6. The van der Waals surface area contributed by atoms with Crippen LogP contribution in [0.3, 0.4) is 0 Å². The van der Waals surface area contributed by atoms with Crippen molar-refractivity contribution in [2.45, 2.75) is 0 Å². The second-order valence-electron chi connectivity index (χ2n) is 5.45. The molecule has 0 N–H and O–H groups in total. The highest BCUT2D eigenvalue weighted by molar-refractivity contribution is 6.30. The molecule has 4 heteroatoms. The molecule has 3 nitrogen and oxygen atoms in total. The van der Waals surface area contributed by atoms with Crippen LogP contribution >= 0.6 is 11.6 Å². The van der Waals surface area contributed by atoms with Crippen LogP contribution in [0.15, 0.2) is 66.4 Å². The molecule has 0 spiro atoms. The summed E-state index contributed by atoms with van der Waals surface area (Å²) in [5.41, 5.74) is 2.52. The lowest BCUT2D eigenvalue weighted by Crippen LogP contribution is -2.39. The van der Waals surface area contributed by atoms with Crippen LogP contribution < -0.4 is 4.90 Å². The van der Waals surface area contributed by atoms with Crippen molar-refractivity contribution in [1.82, 2.24) is 4.90 Å². The van der Waals surface area contributed by atoms with Gasteiger partial charge in [-0.15, -0.1) is 0 Å². The first kappa shape index (κ1) is 14.8. The summed E-state index contributed by atoms with van der Waals surface area (Å²) in [4.78, 5) is 16.9. The van der Waals surface area contributed by atoms with Crippen molar-refractivity contribution >= 4 is 23.1 Å². The second-order valence-corrected chi connectivity index (χ2v) is 5.89. The first-order valence-corrected chi connectivity index (χ1v) is 7.52. The van der Waals surface area contributed by atoms with Crippen LogP contribution in [0.1, 0.15) is 10.4 Å². The Kier molecular flexibility index (Phi) is 4.27. The number of hydrogen-bond acceptors (Lipinski definition) is 3. The van der Waals surface area contributed by atoms with Gasteiger partial charge in [-0.05, 0) is 43.4 Å². The molecule has 0 aliphatic carbocycles. The van der Waals surface area contributed by atoms with Gasteiger partial charge in [0.25, 0.3) is 0 Å². The monoisotopic (exact) mass is 312 g/mol. The molecule has 0 atom stereocenters. The normalized spacial score (nSPS) is 15.5. The molecule has 112 valence electrons. The molecule has 0 radical (unpaired) electrons. The number of halogens is 1. The third-order valence-electron chi connectivity index (χ3n) is 3.63. The molecular formula is C18H17ClN2O. The number of hydrogen-bond donors (Lipinski definition) is 0. The van der Waals surface area contributed by atoms with Gasteiger partial charge in [-0.1, -0.05) is 29.8 Å². The third kappa shape index (κ3) is 3.21. The number of ketones is 1. The topological polar surface area (TPSA) is 23.6 Å². The Hall–Kier alpha value is -2.10. The lowest BCUT2D eigenvalue weighted by Gasteiger charge is -2.32. The highest BCUT2D eigenvalue weighted by Gasteiger charge is 2.21. The van der Waals surface area contributed by atoms with E-state index in [4.69, 9.17) is 11.6 Å². The van der Waals surface area contributed by atoms with Gasteiger partial charge >= 0.3 is 0 Å². The summed E-state index contributed by atoms with van der Waals surface area (Å²) in [6.45, 7) is 1.41. The second kappa shape index (κ2) is 6.34. The Labute approximate surface area is 135 Å². The fourth-order valence-corrected chi connectivity index (χ4v) is 2.69. The smallest absolute Gasteiger partial charge is 0.191 e. The van der Waals surface area contributed by atoms with Crippen LogP contribution in [0.25, 0.3) is 0 Å². The highest BCUT2D eigenvalue weighted by Crippen LogP contribution is 2.21. The van der Waals surface area contributed by atoms with E-state index in [1.165, 1.54) is 0 Å². The van der Waals surface area contributed by atoms with Gasteiger partial charge in [0.15, 0.2) is 5.78 Å². The van der Waals surface area contributed by atoms with E-state index in [0.29, 0.717) is 17.1 Å². The summed E-state index contributed by atoms with van der Waals surface area (Å²) in [6, 6.07) is 17.1. The van der Waals surface area contributed by atoms with E-state index in [9.17, 15) is 4.79 Å². The molecule has 0 fully saturated rings. The molecule has 2 aromatic carbocycles. The van der Waals surface area contributed by atoms with Crippen LogP contribution in [0, 0.1) is 0 Å². The number of carbonyl (C=O) groups excluding carboxylic acids is 1. The van der Waals surface area contributed by atoms with Crippen molar-refractivity contribution in [2.75, 3.05) is 25.2 Å². The van der Waals surface area contributed by atoms with Gasteiger partial charge < -0.3 is 4.90 Å². The van der Waals surface area contributed by atoms with Crippen LogP contribution in [0.2, 0.25) is 5.02 Å². The van der Waals surface area contributed by atoms with Crippen LogP contribution in [0.5, 0.6) is 0 Å². The van der Waals surface area contributed by atoms with E-state index in [0.717, 1.165) is 17.9 Å². The van der Waals surface area contributed by atoms with E-state index in [1.54, 1.807) is 24.3 Å². The maximum absolute atomic E-state index is 12.7. The zero-order valence-electron chi connectivity index (χ0n) is 12.4. The zero-order chi connectivity index (χ0) is 15.5. The van der Waals surface area contributed by atoms with Gasteiger partial charge in [-0.2, -0.15) is 0 Å². The number of likely N-dealkylation sites (N-methyl/N-ethyl adjacent to an activating group) is 1. The summed E-state index contributed by atoms with van der Waals surface area (Å²) in [6.07, 6.45) is 1.95. The lowest BCUT2D eigenvalue weighted by atomic mass is 10.0. The highest BCUT2D eigenvalue weighted by atomic mass is 35.5. The van der Waals surface area contributed by atoms with Crippen LogP contribution in [-0.4, -0.2) is 30.9 Å². The van der Waals surface area contributed by atoms with E-state index >= 15 is 0 Å². The average Bonchev–Trinajstić information content (AvgIpc) is 2.55. The number of anilines is 1. The average molecular weight is 313 g/mol. The molecule has 1 heterocycles. The minimum Gasteiger partial charge on any atom is -0.334 e.